The maximum Gasteiger partial charge on any atom is 0.132 e. The van der Waals surface area contributed by atoms with Gasteiger partial charge < -0.3 is 9.64 Å². The molecule has 72 heavy (non-hydrogen) atoms. The number of rotatable bonds is 4. The molecular formula is C68H41NOS2. The number of nitrogens with zero attached hydrogens (tertiary/aromatic N) is 1. The third-order valence-corrected chi connectivity index (χ3v) is 18.3. The molecule has 0 N–H and O–H groups in total. The number of fused-ring (bicyclic) bond motifs is 21. The Hall–Kier alpha value is -8.41. The average molecular weight is 952 g/mol. The third kappa shape index (κ3) is 5.30. The lowest BCUT2D eigenvalue weighted by Crippen LogP contribution is -2.32. The molecule has 2 nitrogen and oxygen atoms in total. The zero-order valence-electron chi connectivity index (χ0n) is 38.8. The molecule has 4 heteroatoms. The summed E-state index contributed by atoms with van der Waals surface area (Å²) < 4.78 is 9.39. The molecular weight excluding hydrogens is 911 g/mol. The molecule has 0 bridgehead atoms. The van der Waals surface area contributed by atoms with Crippen LogP contribution in [0.3, 0.4) is 0 Å². The Labute approximate surface area is 426 Å². The van der Waals surface area contributed by atoms with Gasteiger partial charge in [0.15, 0.2) is 0 Å². The Bertz CT molecular complexity index is 3970. The molecule has 1 aromatic heterocycles. The fraction of sp³-hybridized carbons (Fsp3) is 0.0294. The predicted molar refractivity (Wildman–Crippen MR) is 298 cm³/mol. The van der Waals surface area contributed by atoms with Crippen LogP contribution in [0.25, 0.3) is 53.6 Å². The van der Waals surface area contributed by atoms with Gasteiger partial charge in [0, 0.05) is 58.2 Å². The molecule has 4 aliphatic rings. The van der Waals surface area contributed by atoms with Crippen molar-refractivity contribution in [2.24, 2.45) is 0 Å². The maximum absolute atomic E-state index is 6.77. The number of para-hydroxylation sites is 2. The molecule has 0 amide bonds. The Morgan fingerprint density at radius 1 is 0.319 bits per heavy atom. The van der Waals surface area contributed by atoms with Crippen molar-refractivity contribution in [2.45, 2.75) is 20.6 Å². The standard InChI is InChI=1S/C68H41NOS2/c1-4-20-52-47(16-1)49-38-36-44(40-58(49)67(52)54-22-6-10-26-60(54)70-61-27-11-7-23-55(61)67)69(43-34-32-42(33-35-43)46-19-15-31-65-66(46)51-18-3-12-28-62(51)71-65)45-37-39-50-48-17-2-5-21-53(48)68(59(50)41-45)56-24-8-13-29-63(56)72-64-30-14-9-25-57(64)68/h1-41H. The predicted octanol–water partition coefficient (Wildman–Crippen LogP) is 18.5. The van der Waals surface area contributed by atoms with E-state index in [1.165, 1.54) is 96.7 Å². The Morgan fingerprint density at radius 2 is 0.764 bits per heavy atom. The highest BCUT2D eigenvalue weighted by molar-refractivity contribution is 7.99. The van der Waals surface area contributed by atoms with Crippen LogP contribution in [0.2, 0.25) is 0 Å². The minimum atomic E-state index is -0.609. The van der Waals surface area contributed by atoms with Crippen LogP contribution in [0.15, 0.2) is 259 Å². The van der Waals surface area contributed by atoms with Gasteiger partial charge in [-0.1, -0.05) is 188 Å². The highest BCUT2D eigenvalue weighted by Gasteiger charge is 2.52. The Balaban J connectivity index is 0.957. The molecule has 2 spiro atoms. The number of ether oxygens (including phenoxy) is 1. The van der Waals surface area contributed by atoms with E-state index in [-0.39, 0.29) is 0 Å². The van der Waals surface area contributed by atoms with Crippen molar-refractivity contribution in [3.8, 4) is 44.9 Å². The number of hydrogen-bond acceptors (Lipinski definition) is 4. The molecule has 0 saturated heterocycles. The summed E-state index contributed by atoms with van der Waals surface area (Å²) in [6.07, 6.45) is 0. The van der Waals surface area contributed by atoms with Gasteiger partial charge in [0.05, 0.1) is 10.8 Å². The van der Waals surface area contributed by atoms with Gasteiger partial charge in [-0.25, -0.2) is 0 Å². The van der Waals surface area contributed by atoms with Gasteiger partial charge in [0.1, 0.15) is 11.5 Å². The van der Waals surface area contributed by atoms with Crippen LogP contribution in [0.1, 0.15) is 44.5 Å². The average Bonchev–Trinajstić information content (AvgIpc) is 4.07. The van der Waals surface area contributed by atoms with Crippen LogP contribution in [-0.4, -0.2) is 0 Å². The topological polar surface area (TPSA) is 12.5 Å². The van der Waals surface area contributed by atoms with E-state index in [1.54, 1.807) is 0 Å². The minimum Gasteiger partial charge on any atom is -0.457 e. The van der Waals surface area contributed by atoms with Crippen LogP contribution in [0.5, 0.6) is 11.5 Å². The zero-order chi connectivity index (χ0) is 47.1. The number of thiophene rings is 1. The highest BCUT2D eigenvalue weighted by Crippen LogP contribution is 2.65. The fourth-order valence-corrected chi connectivity index (χ4v) is 15.5. The monoisotopic (exact) mass is 951 g/mol. The summed E-state index contributed by atoms with van der Waals surface area (Å²) in [7, 11) is 0. The smallest absolute Gasteiger partial charge is 0.132 e. The minimum absolute atomic E-state index is 0.517. The lowest BCUT2D eigenvalue weighted by Gasteiger charge is -2.40. The van der Waals surface area contributed by atoms with Crippen molar-refractivity contribution in [1.29, 1.82) is 0 Å². The van der Waals surface area contributed by atoms with Crippen molar-refractivity contribution < 1.29 is 4.74 Å². The number of benzene rings is 11. The van der Waals surface area contributed by atoms with Gasteiger partial charge in [-0.05, 0) is 140 Å². The molecule has 0 fully saturated rings. The van der Waals surface area contributed by atoms with E-state index in [4.69, 9.17) is 4.74 Å². The molecule has 16 rings (SSSR count). The van der Waals surface area contributed by atoms with Crippen LogP contribution >= 0.6 is 23.1 Å². The van der Waals surface area contributed by atoms with E-state index in [2.05, 4.69) is 254 Å². The third-order valence-electron chi connectivity index (χ3n) is 16.0. The Kier molecular flexibility index (Phi) is 8.43. The normalized spacial score (nSPS) is 14.4. The van der Waals surface area contributed by atoms with Gasteiger partial charge in [-0.3, -0.25) is 0 Å². The Morgan fingerprint density at radius 3 is 1.38 bits per heavy atom. The first-order chi connectivity index (χ1) is 35.7. The first-order valence-electron chi connectivity index (χ1n) is 24.7. The molecule has 3 heterocycles. The molecule has 11 aromatic carbocycles. The van der Waals surface area contributed by atoms with E-state index < -0.39 is 10.8 Å². The second-order valence-electron chi connectivity index (χ2n) is 19.4. The van der Waals surface area contributed by atoms with Crippen LogP contribution in [0.4, 0.5) is 17.1 Å². The van der Waals surface area contributed by atoms with Crippen molar-refractivity contribution in [3.05, 3.63) is 293 Å². The summed E-state index contributed by atoms with van der Waals surface area (Å²) in [6.45, 7) is 0. The lowest BCUT2D eigenvalue weighted by atomic mass is 9.66. The first kappa shape index (κ1) is 40.3. The first-order valence-corrected chi connectivity index (χ1v) is 26.4. The van der Waals surface area contributed by atoms with Crippen LogP contribution in [-0.2, 0) is 10.8 Å². The quantitative estimate of drug-likeness (QED) is 0.174. The van der Waals surface area contributed by atoms with E-state index in [0.717, 1.165) is 39.7 Å². The highest BCUT2D eigenvalue weighted by atomic mass is 32.2. The summed E-state index contributed by atoms with van der Waals surface area (Å²) in [4.78, 5) is 5.10. The second kappa shape index (κ2) is 15.1. The number of hydrogen-bond donors (Lipinski definition) is 0. The summed E-state index contributed by atoms with van der Waals surface area (Å²) in [5.74, 6) is 1.78. The summed E-state index contributed by atoms with van der Waals surface area (Å²) in [6, 6.07) is 92.9. The van der Waals surface area contributed by atoms with E-state index in [0.29, 0.717) is 0 Å². The van der Waals surface area contributed by atoms with Gasteiger partial charge in [0.2, 0.25) is 0 Å². The van der Waals surface area contributed by atoms with Crippen LogP contribution < -0.4 is 9.64 Å². The summed E-state index contributed by atoms with van der Waals surface area (Å²) >= 11 is 3.75. The van der Waals surface area contributed by atoms with Gasteiger partial charge in [0.25, 0.3) is 0 Å². The molecule has 0 saturated carbocycles. The fourth-order valence-electron chi connectivity index (χ4n) is 13.2. The van der Waals surface area contributed by atoms with Gasteiger partial charge in [-0.15, -0.1) is 11.3 Å². The SMILES string of the molecule is c1ccc2c(c1)Oc1ccccc1C21c2ccccc2-c2ccc(N(c3ccc(-c4cccc5sc6ccccc6c45)cc3)c3ccc4c(c3)C3(c5ccccc5Sc5ccccc53)c3ccccc3-4)cc21. The molecule has 0 unspecified atom stereocenters. The molecule has 0 radical (unpaired) electrons. The van der Waals surface area contributed by atoms with E-state index >= 15 is 0 Å². The van der Waals surface area contributed by atoms with E-state index in [9.17, 15) is 0 Å². The van der Waals surface area contributed by atoms with Gasteiger partial charge in [-0.2, -0.15) is 0 Å². The largest absolute Gasteiger partial charge is 0.457 e. The van der Waals surface area contributed by atoms with Crippen molar-refractivity contribution >= 4 is 60.3 Å². The second-order valence-corrected chi connectivity index (χ2v) is 21.6. The molecule has 2 aliphatic carbocycles. The van der Waals surface area contributed by atoms with Gasteiger partial charge >= 0.3 is 0 Å². The number of anilines is 3. The van der Waals surface area contributed by atoms with E-state index in [1.807, 2.05) is 23.1 Å². The van der Waals surface area contributed by atoms with Crippen LogP contribution in [0, 0.1) is 0 Å². The maximum atomic E-state index is 6.77. The van der Waals surface area contributed by atoms with Crippen molar-refractivity contribution in [2.75, 3.05) is 4.90 Å². The van der Waals surface area contributed by atoms with Crippen molar-refractivity contribution in [3.63, 3.8) is 0 Å². The lowest BCUT2D eigenvalue weighted by molar-refractivity contribution is 0.436. The molecule has 336 valence electrons. The molecule has 12 aromatic rings. The molecule has 0 atom stereocenters. The summed E-state index contributed by atoms with van der Waals surface area (Å²) in [5.41, 5.74) is 19.8. The van der Waals surface area contributed by atoms with Crippen molar-refractivity contribution in [1.82, 2.24) is 0 Å². The molecule has 2 aliphatic heterocycles. The zero-order valence-corrected chi connectivity index (χ0v) is 40.5. The summed E-state index contributed by atoms with van der Waals surface area (Å²) in [5, 5.41) is 2.62.